The quantitative estimate of drug-likeness (QED) is 0.418. The minimum absolute atomic E-state index is 0.0864. The molecule has 2 N–H and O–H groups in total. The number of Topliss-reactive ketones (excluding diaryl/α,β-unsaturated/α-hetero) is 1. The zero-order valence-corrected chi connectivity index (χ0v) is 21.5. The number of hydrogen-bond acceptors (Lipinski definition) is 5. The summed E-state index contributed by atoms with van der Waals surface area (Å²) in [6.07, 6.45) is 4.86. The number of aromatic nitrogens is 1. The third-order valence-corrected chi connectivity index (χ3v) is 7.78. The topological polar surface area (TPSA) is 71.1 Å². The summed E-state index contributed by atoms with van der Waals surface area (Å²) in [6.45, 7) is 3.83. The second-order valence-electron chi connectivity index (χ2n) is 9.32. The van der Waals surface area contributed by atoms with Crippen LogP contribution in [-0.2, 0) is 9.59 Å². The largest absolute Gasteiger partial charge is 0.362 e. The van der Waals surface area contributed by atoms with Crippen molar-refractivity contribution in [3.05, 3.63) is 112 Å². The first-order valence-corrected chi connectivity index (χ1v) is 13.3. The Bertz CT molecular complexity index is 1380. The minimum Gasteiger partial charge on any atom is -0.362 e. The fraction of sp³-hybridized carbons (Fsp3) is 0.233. The lowest BCUT2D eigenvalue weighted by molar-refractivity contribution is -0.116. The van der Waals surface area contributed by atoms with Crippen LogP contribution in [0.3, 0.4) is 0 Å². The number of anilines is 1. The first-order valence-electron chi connectivity index (χ1n) is 12.1. The standard InChI is InChI=1S/C30H29N3O2S/c1-18-8-7-15-31-29(18)33-30(35)26-19(2)32-24-16-22(20-9-5-4-6-10-20)17-25(34)28(24)27(26)21-11-13-23(36-3)14-12-21/h4-15,22,27,32H,16-17H2,1-3H3,(H,31,33,35)/t22-,27-/m1/s1. The van der Waals surface area contributed by atoms with E-state index >= 15 is 0 Å². The molecule has 5 rings (SSSR count). The number of hydrogen-bond donors (Lipinski definition) is 2. The van der Waals surface area contributed by atoms with Gasteiger partial charge in [-0.1, -0.05) is 48.5 Å². The Morgan fingerprint density at radius 1 is 0.972 bits per heavy atom. The van der Waals surface area contributed by atoms with Gasteiger partial charge in [0.15, 0.2) is 5.78 Å². The number of carbonyl (C=O) groups is 2. The summed E-state index contributed by atoms with van der Waals surface area (Å²) in [5, 5.41) is 6.45. The molecule has 0 fully saturated rings. The van der Waals surface area contributed by atoms with E-state index in [9.17, 15) is 9.59 Å². The highest BCUT2D eigenvalue weighted by Gasteiger charge is 2.41. The molecule has 2 atom stereocenters. The number of amides is 1. The summed E-state index contributed by atoms with van der Waals surface area (Å²) < 4.78 is 0. The normalized spacial score (nSPS) is 19.6. The highest BCUT2D eigenvalue weighted by atomic mass is 32.2. The van der Waals surface area contributed by atoms with Crippen molar-refractivity contribution in [2.75, 3.05) is 11.6 Å². The molecule has 1 amide bonds. The maximum Gasteiger partial charge on any atom is 0.255 e. The highest BCUT2D eigenvalue weighted by Crippen LogP contribution is 2.45. The maximum absolute atomic E-state index is 13.7. The van der Waals surface area contributed by atoms with Crippen LogP contribution in [0.15, 0.2) is 100 Å². The number of ketones is 1. The van der Waals surface area contributed by atoms with Gasteiger partial charge in [0, 0.05) is 46.0 Å². The molecule has 1 aromatic heterocycles. The van der Waals surface area contributed by atoms with Gasteiger partial charge >= 0.3 is 0 Å². The number of carbonyl (C=O) groups excluding carboxylic acids is 2. The van der Waals surface area contributed by atoms with Crippen molar-refractivity contribution >= 4 is 29.3 Å². The van der Waals surface area contributed by atoms with Crippen molar-refractivity contribution in [2.24, 2.45) is 0 Å². The molecule has 2 aromatic carbocycles. The molecular formula is C30H29N3O2S. The zero-order chi connectivity index (χ0) is 25.2. The van der Waals surface area contributed by atoms with E-state index in [4.69, 9.17) is 0 Å². The van der Waals surface area contributed by atoms with Crippen LogP contribution in [-0.4, -0.2) is 22.9 Å². The van der Waals surface area contributed by atoms with Crippen molar-refractivity contribution in [1.29, 1.82) is 0 Å². The SMILES string of the molecule is CSc1ccc([C@@H]2C(C(=O)Nc3ncccc3C)=C(C)NC3=C2C(=O)C[C@H](c2ccccc2)C3)cc1. The number of allylic oxidation sites excluding steroid dienone is 3. The van der Waals surface area contributed by atoms with Gasteiger partial charge in [-0.05, 0) is 67.3 Å². The molecule has 182 valence electrons. The van der Waals surface area contributed by atoms with E-state index in [1.54, 1.807) is 18.0 Å². The Morgan fingerprint density at radius 3 is 2.42 bits per heavy atom. The molecule has 0 radical (unpaired) electrons. The van der Waals surface area contributed by atoms with E-state index in [1.807, 2.05) is 62.6 Å². The average Bonchev–Trinajstić information content (AvgIpc) is 2.89. The van der Waals surface area contributed by atoms with E-state index in [2.05, 4.69) is 39.9 Å². The van der Waals surface area contributed by atoms with Gasteiger partial charge in [0.05, 0.1) is 0 Å². The molecule has 1 aliphatic carbocycles. The van der Waals surface area contributed by atoms with Crippen LogP contribution in [0.2, 0.25) is 0 Å². The molecule has 0 spiro atoms. The lowest BCUT2D eigenvalue weighted by Gasteiger charge is -2.37. The summed E-state index contributed by atoms with van der Waals surface area (Å²) in [5.74, 6) is 0.0426. The van der Waals surface area contributed by atoms with Gasteiger partial charge in [-0.15, -0.1) is 11.8 Å². The van der Waals surface area contributed by atoms with E-state index in [-0.39, 0.29) is 17.6 Å². The van der Waals surface area contributed by atoms with Gasteiger partial charge in [0.2, 0.25) is 0 Å². The molecule has 3 aromatic rings. The van der Waals surface area contributed by atoms with Crippen molar-refractivity contribution in [2.45, 2.75) is 43.4 Å². The Labute approximate surface area is 216 Å². The van der Waals surface area contributed by atoms with E-state index in [0.29, 0.717) is 23.4 Å². The lowest BCUT2D eigenvalue weighted by Crippen LogP contribution is -2.37. The number of dihydropyridines is 1. The lowest BCUT2D eigenvalue weighted by atomic mass is 9.71. The van der Waals surface area contributed by atoms with Crippen LogP contribution in [0.1, 0.15) is 48.3 Å². The second kappa shape index (κ2) is 10.2. The molecule has 36 heavy (non-hydrogen) atoms. The molecule has 5 nitrogen and oxygen atoms in total. The third-order valence-electron chi connectivity index (χ3n) is 7.03. The molecule has 2 aliphatic rings. The van der Waals surface area contributed by atoms with Crippen LogP contribution in [0.5, 0.6) is 0 Å². The molecule has 0 unspecified atom stereocenters. The number of pyridine rings is 1. The van der Waals surface area contributed by atoms with Gasteiger partial charge < -0.3 is 10.6 Å². The fourth-order valence-corrected chi connectivity index (χ4v) is 5.63. The molecule has 6 heteroatoms. The second-order valence-corrected chi connectivity index (χ2v) is 10.2. The number of nitrogens with zero attached hydrogens (tertiary/aromatic N) is 1. The number of thioether (sulfide) groups is 1. The molecule has 0 saturated carbocycles. The predicted molar refractivity (Wildman–Crippen MR) is 145 cm³/mol. The zero-order valence-electron chi connectivity index (χ0n) is 20.7. The highest BCUT2D eigenvalue weighted by molar-refractivity contribution is 7.98. The van der Waals surface area contributed by atoms with E-state index in [1.165, 1.54) is 0 Å². The van der Waals surface area contributed by atoms with Crippen LogP contribution in [0.4, 0.5) is 5.82 Å². The van der Waals surface area contributed by atoms with Crippen molar-refractivity contribution in [1.82, 2.24) is 10.3 Å². The van der Waals surface area contributed by atoms with Crippen LogP contribution in [0.25, 0.3) is 0 Å². The predicted octanol–water partition coefficient (Wildman–Crippen LogP) is 6.11. The summed E-state index contributed by atoms with van der Waals surface area (Å²) in [6, 6.07) is 22.1. The third kappa shape index (κ3) is 4.61. The van der Waals surface area contributed by atoms with Crippen molar-refractivity contribution in [3.8, 4) is 0 Å². The first-order chi connectivity index (χ1) is 17.5. The van der Waals surface area contributed by atoms with E-state index in [0.717, 1.165) is 39.4 Å². The molecule has 0 bridgehead atoms. The first kappa shape index (κ1) is 24.1. The Hall–Kier alpha value is -3.64. The Morgan fingerprint density at radius 2 is 1.72 bits per heavy atom. The monoisotopic (exact) mass is 495 g/mol. The summed E-state index contributed by atoms with van der Waals surface area (Å²) in [5.41, 5.74) is 5.93. The Balaban J connectivity index is 1.57. The number of benzene rings is 2. The minimum atomic E-state index is -0.439. The summed E-state index contributed by atoms with van der Waals surface area (Å²) >= 11 is 1.67. The van der Waals surface area contributed by atoms with Gasteiger partial charge in [0.25, 0.3) is 5.91 Å². The average molecular weight is 496 g/mol. The van der Waals surface area contributed by atoms with Gasteiger partial charge in [-0.3, -0.25) is 9.59 Å². The van der Waals surface area contributed by atoms with Gasteiger partial charge in [-0.2, -0.15) is 0 Å². The van der Waals surface area contributed by atoms with Crippen LogP contribution in [0, 0.1) is 6.92 Å². The van der Waals surface area contributed by atoms with Gasteiger partial charge in [0.1, 0.15) is 5.82 Å². The van der Waals surface area contributed by atoms with Crippen LogP contribution >= 0.6 is 11.8 Å². The summed E-state index contributed by atoms with van der Waals surface area (Å²) in [7, 11) is 0. The number of aryl methyl sites for hydroxylation is 1. The smallest absolute Gasteiger partial charge is 0.255 e. The molecular weight excluding hydrogens is 466 g/mol. The van der Waals surface area contributed by atoms with Crippen molar-refractivity contribution in [3.63, 3.8) is 0 Å². The Kier molecular flexibility index (Phi) is 6.79. The number of nitrogens with one attached hydrogen (secondary N) is 2. The van der Waals surface area contributed by atoms with Crippen LogP contribution < -0.4 is 10.6 Å². The number of rotatable bonds is 5. The molecule has 0 saturated heterocycles. The maximum atomic E-state index is 13.7. The molecule has 1 aliphatic heterocycles. The van der Waals surface area contributed by atoms with Gasteiger partial charge in [-0.25, -0.2) is 4.98 Å². The summed E-state index contributed by atoms with van der Waals surface area (Å²) in [4.78, 5) is 32.9. The fourth-order valence-electron chi connectivity index (χ4n) is 5.22. The molecule has 2 heterocycles. The van der Waals surface area contributed by atoms with Crippen molar-refractivity contribution < 1.29 is 9.59 Å². The van der Waals surface area contributed by atoms with E-state index < -0.39 is 5.92 Å².